The number of fused-ring (bicyclic) bond motifs is 2. The standard InChI is InChI=1S/C29H38N8O6/c1-6-43-28(39)36-24-22(26(33-36)32-25-21-8-7-20(37(40)41)15-19(21)9-12-30-25)16-35(29(24,2)3)27(38)31-23(17-34(4)5)18-10-13-42-14-11-18/h7-9,12,15,18,23H,6,10-11,13-14,16-17H2,1-5H3,(H,31,38)(H,30,32,33)/t23-/m1/s1. The third kappa shape index (κ3) is 5.97. The van der Waals surface area contributed by atoms with Crippen molar-refractivity contribution in [3.8, 4) is 0 Å². The van der Waals surface area contributed by atoms with E-state index in [1.807, 2.05) is 27.9 Å². The SMILES string of the molecule is CCOC(=O)n1nc(Nc2nccc3cc([N+](=O)[O-])ccc23)c2c1C(C)(C)N(C(=O)N[C@H](CN(C)C)C1CCOCC1)C2. The van der Waals surface area contributed by atoms with Crippen LogP contribution in [0.15, 0.2) is 30.5 Å². The van der Waals surface area contributed by atoms with Gasteiger partial charge in [0, 0.05) is 55.1 Å². The monoisotopic (exact) mass is 594 g/mol. The van der Waals surface area contributed by atoms with Crippen molar-refractivity contribution in [1.29, 1.82) is 0 Å². The van der Waals surface area contributed by atoms with Crippen LogP contribution in [0.25, 0.3) is 10.8 Å². The molecule has 0 aliphatic carbocycles. The number of hydrogen-bond acceptors (Lipinski definition) is 10. The first-order valence-electron chi connectivity index (χ1n) is 14.4. The average molecular weight is 595 g/mol. The summed E-state index contributed by atoms with van der Waals surface area (Å²) in [7, 11) is 3.97. The van der Waals surface area contributed by atoms with Gasteiger partial charge < -0.3 is 29.9 Å². The Labute approximate surface area is 249 Å². The fourth-order valence-corrected chi connectivity index (χ4v) is 6.01. The van der Waals surface area contributed by atoms with E-state index in [2.05, 4.69) is 25.6 Å². The predicted octanol–water partition coefficient (Wildman–Crippen LogP) is 4.20. The van der Waals surface area contributed by atoms with Crippen molar-refractivity contribution in [3.05, 3.63) is 51.8 Å². The molecule has 2 aliphatic heterocycles. The number of anilines is 2. The molecule has 1 aromatic carbocycles. The number of nitrogens with zero attached hydrogens (tertiary/aromatic N) is 6. The molecule has 2 amide bonds. The van der Waals surface area contributed by atoms with Crippen molar-refractivity contribution in [1.82, 2.24) is 29.9 Å². The fourth-order valence-electron chi connectivity index (χ4n) is 6.01. The van der Waals surface area contributed by atoms with E-state index in [0.29, 0.717) is 53.4 Å². The van der Waals surface area contributed by atoms with Gasteiger partial charge in [-0.2, -0.15) is 4.68 Å². The molecule has 1 fully saturated rings. The van der Waals surface area contributed by atoms with Gasteiger partial charge in [-0.25, -0.2) is 14.6 Å². The largest absolute Gasteiger partial charge is 0.448 e. The van der Waals surface area contributed by atoms with E-state index >= 15 is 0 Å². The number of amides is 2. The van der Waals surface area contributed by atoms with Gasteiger partial charge in [-0.1, -0.05) is 0 Å². The van der Waals surface area contributed by atoms with Gasteiger partial charge in [0.25, 0.3) is 5.69 Å². The first-order chi connectivity index (χ1) is 20.5. The maximum absolute atomic E-state index is 13.9. The molecule has 1 saturated heterocycles. The summed E-state index contributed by atoms with van der Waals surface area (Å²) in [5, 5.41) is 23.6. The number of aromatic nitrogens is 3. The zero-order valence-electron chi connectivity index (χ0n) is 25.1. The van der Waals surface area contributed by atoms with E-state index in [0.717, 1.165) is 12.8 Å². The second kappa shape index (κ2) is 12.1. The number of carbonyl (C=O) groups is 2. The summed E-state index contributed by atoms with van der Waals surface area (Å²) in [6.07, 6.45) is 2.63. The van der Waals surface area contributed by atoms with Gasteiger partial charge in [0.05, 0.1) is 29.3 Å². The molecule has 4 heterocycles. The molecular formula is C29H38N8O6. The summed E-state index contributed by atoms with van der Waals surface area (Å²) in [5.74, 6) is 1.04. The van der Waals surface area contributed by atoms with Gasteiger partial charge in [0.15, 0.2) is 5.82 Å². The number of nitrogens with one attached hydrogen (secondary N) is 2. The summed E-state index contributed by atoms with van der Waals surface area (Å²) >= 11 is 0. The van der Waals surface area contributed by atoms with Gasteiger partial charge in [-0.05, 0) is 71.1 Å². The highest BCUT2D eigenvalue weighted by molar-refractivity contribution is 5.94. The van der Waals surface area contributed by atoms with Gasteiger partial charge in [0.2, 0.25) is 0 Å². The summed E-state index contributed by atoms with van der Waals surface area (Å²) < 4.78 is 12.1. The van der Waals surface area contributed by atoms with Crippen LogP contribution in [0.1, 0.15) is 44.9 Å². The minimum atomic E-state index is -0.912. The van der Waals surface area contributed by atoms with Crippen LogP contribution >= 0.6 is 0 Å². The predicted molar refractivity (Wildman–Crippen MR) is 159 cm³/mol. The number of nitro benzene ring substituents is 1. The highest BCUT2D eigenvalue weighted by Gasteiger charge is 2.47. The van der Waals surface area contributed by atoms with E-state index in [1.165, 1.54) is 16.8 Å². The van der Waals surface area contributed by atoms with E-state index < -0.39 is 16.6 Å². The number of nitro groups is 1. The highest BCUT2D eigenvalue weighted by atomic mass is 16.6. The normalized spacial score (nSPS) is 17.1. The highest BCUT2D eigenvalue weighted by Crippen LogP contribution is 2.43. The second-order valence-electron chi connectivity index (χ2n) is 11.6. The summed E-state index contributed by atoms with van der Waals surface area (Å²) in [6, 6.07) is 5.88. The minimum absolute atomic E-state index is 0.0335. The Morgan fingerprint density at radius 3 is 2.65 bits per heavy atom. The Morgan fingerprint density at radius 1 is 1.23 bits per heavy atom. The number of carbonyl (C=O) groups excluding carboxylic acids is 2. The van der Waals surface area contributed by atoms with E-state index in [1.54, 1.807) is 30.2 Å². The molecule has 5 rings (SSSR count). The molecule has 3 aromatic rings. The molecular weight excluding hydrogens is 556 g/mol. The zero-order valence-corrected chi connectivity index (χ0v) is 25.1. The molecule has 230 valence electrons. The Kier molecular flexibility index (Phi) is 8.51. The molecule has 0 bridgehead atoms. The molecule has 43 heavy (non-hydrogen) atoms. The molecule has 0 saturated carbocycles. The zero-order chi connectivity index (χ0) is 30.9. The molecule has 0 radical (unpaired) electrons. The first kappa shape index (κ1) is 30.2. The number of non-ortho nitro benzene ring substituents is 1. The maximum Gasteiger partial charge on any atom is 0.435 e. The van der Waals surface area contributed by atoms with Crippen molar-refractivity contribution in [2.75, 3.05) is 45.8 Å². The van der Waals surface area contributed by atoms with Crippen LogP contribution in [0.4, 0.5) is 26.9 Å². The lowest BCUT2D eigenvalue weighted by atomic mass is 9.91. The Balaban J connectivity index is 1.49. The lowest BCUT2D eigenvalue weighted by Gasteiger charge is -2.37. The van der Waals surface area contributed by atoms with Crippen LogP contribution < -0.4 is 10.6 Å². The Bertz CT molecular complexity index is 1530. The van der Waals surface area contributed by atoms with Crippen LogP contribution in [0.3, 0.4) is 0 Å². The fraction of sp³-hybridized carbons (Fsp3) is 0.517. The summed E-state index contributed by atoms with van der Waals surface area (Å²) in [4.78, 5) is 46.1. The molecule has 2 aromatic heterocycles. The van der Waals surface area contributed by atoms with E-state index in [9.17, 15) is 19.7 Å². The van der Waals surface area contributed by atoms with Crippen molar-refractivity contribution in [3.63, 3.8) is 0 Å². The number of ether oxygens (including phenoxy) is 2. The molecule has 14 nitrogen and oxygen atoms in total. The Morgan fingerprint density at radius 2 is 1.98 bits per heavy atom. The molecule has 0 spiro atoms. The second-order valence-corrected chi connectivity index (χ2v) is 11.6. The van der Waals surface area contributed by atoms with Crippen LogP contribution in [0.2, 0.25) is 0 Å². The summed E-state index contributed by atoms with van der Waals surface area (Å²) in [5.41, 5.74) is 0.247. The number of urea groups is 1. The van der Waals surface area contributed by atoms with Gasteiger partial charge in [-0.3, -0.25) is 10.1 Å². The quantitative estimate of drug-likeness (QED) is 0.286. The molecule has 14 heteroatoms. The lowest BCUT2D eigenvalue weighted by molar-refractivity contribution is -0.384. The molecule has 1 atom stereocenters. The number of hydrogen-bond donors (Lipinski definition) is 2. The van der Waals surface area contributed by atoms with Crippen molar-refractivity contribution < 1.29 is 24.0 Å². The number of likely N-dealkylation sites (N-methyl/N-ethyl adjacent to an activating group) is 1. The molecule has 2 N–H and O–H groups in total. The molecule has 0 unspecified atom stereocenters. The van der Waals surface area contributed by atoms with E-state index in [-0.39, 0.29) is 36.8 Å². The van der Waals surface area contributed by atoms with Crippen LogP contribution in [-0.2, 0) is 21.6 Å². The van der Waals surface area contributed by atoms with Crippen LogP contribution in [0, 0.1) is 16.0 Å². The smallest absolute Gasteiger partial charge is 0.435 e. The van der Waals surface area contributed by atoms with Gasteiger partial charge in [0.1, 0.15) is 5.82 Å². The maximum atomic E-state index is 13.9. The van der Waals surface area contributed by atoms with Crippen molar-refractivity contribution >= 4 is 40.2 Å². The average Bonchev–Trinajstić information content (AvgIpc) is 3.47. The van der Waals surface area contributed by atoms with Gasteiger partial charge in [-0.15, -0.1) is 5.10 Å². The van der Waals surface area contributed by atoms with Crippen molar-refractivity contribution in [2.45, 2.75) is 51.7 Å². The third-order valence-electron chi connectivity index (χ3n) is 8.14. The number of benzene rings is 1. The molecule has 2 aliphatic rings. The van der Waals surface area contributed by atoms with E-state index in [4.69, 9.17) is 9.47 Å². The van der Waals surface area contributed by atoms with Gasteiger partial charge >= 0.3 is 12.1 Å². The van der Waals surface area contributed by atoms with Crippen LogP contribution in [0.5, 0.6) is 0 Å². The topological polar surface area (TPSA) is 157 Å². The number of rotatable bonds is 8. The van der Waals surface area contributed by atoms with Crippen LogP contribution in [-0.4, -0.2) is 88.1 Å². The summed E-state index contributed by atoms with van der Waals surface area (Å²) in [6.45, 7) is 7.85. The van der Waals surface area contributed by atoms with Crippen molar-refractivity contribution in [2.24, 2.45) is 5.92 Å². The Hall–Kier alpha value is -4.30. The lowest BCUT2D eigenvalue weighted by Crippen LogP contribution is -2.54. The number of pyridine rings is 1. The first-order valence-corrected chi connectivity index (χ1v) is 14.4. The third-order valence-corrected chi connectivity index (χ3v) is 8.14. The minimum Gasteiger partial charge on any atom is -0.448 e.